The van der Waals surface area contributed by atoms with Gasteiger partial charge in [0.05, 0.1) is 5.25 Å². The fraction of sp³-hybridized carbons (Fsp3) is 0.235. The second-order valence-corrected chi connectivity index (χ2v) is 5.97. The quantitative estimate of drug-likeness (QED) is 0.878. The van der Waals surface area contributed by atoms with Gasteiger partial charge in [0.25, 0.3) is 0 Å². The molecule has 2 aromatic carbocycles. The van der Waals surface area contributed by atoms with Gasteiger partial charge in [-0.3, -0.25) is 4.79 Å². The largest absolute Gasteiger partial charge is 0.351 e. The molecule has 3 heteroatoms. The van der Waals surface area contributed by atoms with E-state index >= 15 is 0 Å². The zero-order valence-electron chi connectivity index (χ0n) is 11.6. The minimum atomic E-state index is -0.0427. The van der Waals surface area contributed by atoms with Gasteiger partial charge < -0.3 is 5.32 Å². The lowest BCUT2D eigenvalue weighted by molar-refractivity contribution is -0.120. The Morgan fingerprint density at radius 3 is 2.15 bits per heavy atom. The van der Waals surface area contributed by atoms with Crippen LogP contribution in [0.2, 0.25) is 0 Å². The molecule has 0 aliphatic carbocycles. The number of carbonyl (C=O) groups is 1. The standard InChI is InChI=1S/C17H19NOS/c1-14(20-13-16-10-6-3-7-11-16)17(19)18-12-15-8-4-2-5-9-15/h2-11,14H,12-13H2,1H3,(H,18,19)/t14-/m1/s1. The number of hydrogen-bond acceptors (Lipinski definition) is 2. The van der Waals surface area contributed by atoms with Crippen LogP contribution in [-0.4, -0.2) is 11.2 Å². The van der Waals surface area contributed by atoms with E-state index < -0.39 is 0 Å². The molecule has 2 rings (SSSR count). The summed E-state index contributed by atoms with van der Waals surface area (Å²) in [4.78, 5) is 12.0. The molecule has 104 valence electrons. The first kappa shape index (κ1) is 14.7. The number of amides is 1. The molecule has 0 saturated carbocycles. The molecule has 0 radical (unpaired) electrons. The highest BCUT2D eigenvalue weighted by molar-refractivity contribution is 7.99. The summed E-state index contributed by atoms with van der Waals surface area (Å²) >= 11 is 1.66. The minimum absolute atomic E-state index is 0.0427. The van der Waals surface area contributed by atoms with Crippen LogP contribution in [0, 0.1) is 0 Å². The Labute approximate surface area is 124 Å². The molecule has 1 amide bonds. The highest BCUT2D eigenvalue weighted by Gasteiger charge is 2.12. The van der Waals surface area contributed by atoms with E-state index in [1.807, 2.05) is 55.5 Å². The van der Waals surface area contributed by atoms with Gasteiger partial charge in [0.15, 0.2) is 0 Å². The van der Waals surface area contributed by atoms with Crippen molar-refractivity contribution in [2.45, 2.75) is 24.5 Å². The van der Waals surface area contributed by atoms with Gasteiger partial charge in [-0.15, -0.1) is 11.8 Å². The number of nitrogens with one attached hydrogen (secondary N) is 1. The van der Waals surface area contributed by atoms with Gasteiger partial charge >= 0.3 is 0 Å². The number of thioether (sulfide) groups is 1. The maximum absolute atomic E-state index is 12.0. The van der Waals surface area contributed by atoms with E-state index in [-0.39, 0.29) is 11.2 Å². The lowest BCUT2D eigenvalue weighted by Gasteiger charge is -2.12. The molecular formula is C17H19NOS. The normalized spacial score (nSPS) is 11.8. The summed E-state index contributed by atoms with van der Waals surface area (Å²) in [5.74, 6) is 0.954. The molecule has 0 aromatic heterocycles. The molecule has 2 aromatic rings. The average molecular weight is 285 g/mol. The molecule has 0 saturated heterocycles. The third kappa shape index (κ3) is 4.74. The van der Waals surface area contributed by atoms with Crippen LogP contribution in [0.15, 0.2) is 60.7 Å². The van der Waals surface area contributed by atoms with Gasteiger partial charge in [-0.2, -0.15) is 0 Å². The third-order valence-electron chi connectivity index (χ3n) is 3.02. The van der Waals surface area contributed by atoms with Crippen LogP contribution < -0.4 is 5.32 Å². The van der Waals surface area contributed by atoms with Gasteiger partial charge in [-0.25, -0.2) is 0 Å². The minimum Gasteiger partial charge on any atom is -0.351 e. The highest BCUT2D eigenvalue weighted by atomic mass is 32.2. The monoisotopic (exact) mass is 285 g/mol. The molecule has 0 aliphatic heterocycles. The first-order valence-electron chi connectivity index (χ1n) is 6.73. The molecule has 2 nitrogen and oxygen atoms in total. The van der Waals surface area contributed by atoms with E-state index in [2.05, 4.69) is 17.4 Å². The van der Waals surface area contributed by atoms with E-state index in [9.17, 15) is 4.79 Å². The summed E-state index contributed by atoms with van der Waals surface area (Å²) in [6.07, 6.45) is 0. The van der Waals surface area contributed by atoms with E-state index in [1.54, 1.807) is 11.8 Å². The molecule has 0 heterocycles. The van der Waals surface area contributed by atoms with Crippen LogP contribution in [0.25, 0.3) is 0 Å². The van der Waals surface area contributed by atoms with E-state index in [0.717, 1.165) is 11.3 Å². The fourth-order valence-electron chi connectivity index (χ4n) is 1.80. The van der Waals surface area contributed by atoms with E-state index in [4.69, 9.17) is 0 Å². The van der Waals surface area contributed by atoms with Crippen LogP contribution in [-0.2, 0) is 17.1 Å². The predicted molar refractivity (Wildman–Crippen MR) is 85.5 cm³/mol. The van der Waals surface area contributed by atoms with Gasteiger partial charge in [0, 0.05) is 12.3 Å². The summed E-state index contributed by atoms with van der Waals surface area (Å²) < 4.78 is 0. The third-order valence-corrected chi connectivity index (χ3v) is 4.24. The molecule has 20 heavy (non-hydrogen) atoms. The number of rotatable bonds is 6. The number of benzene rings is 2. The molecule has 0 spiro atoms. The zero-order valence-corrected chi connectivity index (χ0v) is 12.4. The topological polar surface area (TPSA) is 29.1 Å². The second kappa shape index (κ2) is 7.75. The van der Waals surface area contributed by atoms with E-state index in [1.165, 1.54) is 5.56 Å². The molecular weight excluding hydrogens is 266 g/mol. The Morgan fingerprint density at radius 1 is 1.00 bits per heavy atom. The second-order valence-electron chi connectivity index (χ2n) is 4.64. The Morgan fingerprint density at radius 2 is 1.55 bits per heavy atom. The smallest absolute Gasteiger partial charge is 0.233 e. The van der Waals surface area contributed by atoms with Crippen LogP contribution in [0.5, 0.6) is 0 Å². The lowest BCUT2D eigenvalue weighted by atomic mass is 10.2. The van der Waals surface area contributed by atoms with Gasteiger partial charge in [-0.1, -0.05) is 60.7 Å². The Balaban J connectivity index is 1.75. The molecule has 0 fully saturated rings. The fourth-order valence-corrected chi connectivity index (χ4v) is 2.67. The number of hydrogen-bond donors (Lipinski definition) is 1. The molecule has 1 N–H and O–H groups in total. The summed E-state index contributed by atoms with van der Waals surface area (Å²) in [6, 6.07) is 20.2. The first-order valence-corrected chi connectivity index (χ1v) is 7.78. The van der Waals surface area contributed by atoms with Crippen molar-refractivity contribution in [1.82, 2.24) is 5.32 Å². The van der Waals surface area contributed by atoms with Crippen molar-refractivity contribution in [1.29, 1.82) is 0 Å². The van der Waals surface area contributed by atoms with Crippen molar-refractivity contribution in [2.75, 3.05) is 0 Å². The van der Waals surface area contributed by atoms with Crippen LogP contribution in [0.1, 0.15) is 18.1 Å². The van der Waals surface area contributed by atoms with Crippen molar-refractivity contribution in [3.05, 3.63) is 71.8 Å². The van der Waals surface area contributed by atoms with Crippen molar-refractivity contribution in [3.63, 3.8) is 0 Å². The van der Waals surface area contributed by atoms with Gasteiger partial charge in [0.1, 0.15) is 0 Å². The summed E-state index contributed by atoms with van der Waals surface area (Å²) in [7, 11) is 0. The first-order chi connectivity index (χ1) is 9.75. The van der Waals surface area contributed by atoms with E-state index in [0.29, 0.717) is 6.54 Å². The summed E-state index contributed by atoms with van der Waals surface area (Å²) in [5, 5.41) is 2.93. The Bertz CT molecular complexity index is 527. The van der Waals surface area contributed by atoms with Crippen LogP contribution >= 0.6 is 11.8 Å². The lowest BCUT2D eigenvalue weighted by Crippen LogP contribution is -2.30. The van der Waals surface area contributed by atoms with Crippen molar-refractivity contribution in [3.8, 4) is 0 Å². The van der Waals surface area contributed by atoms with Crippen molar-refractivity contribution >= 4 is 17.7 Å². The van der Waals surface area contributed by atoms with Gasteiger partial charge in [-0.05, 0) is 18.1 Å². The SMILES string of the molecule is C[C@@H](SCc1ccccc1)C(=O)NCc1ccccc1. The van der Waals surface area contributed by atoms with Gasteiger partial charge in [0.2, 0.25) is 5.91 Å². The summed E-state index contributed by atoms with van der Waals surface area (Å²) in [6.45, 7) is 2.55. The van der Waals surface area contributed by atoms with Crippen LogP contribution in [0.4, 0.5) is 0 Å². The molecule has 0 aliphatic rings. The van der Waals surface area contributed by atoms with Crippen molar-refractivity contribution < 1.29 is 4.79 Å². The highest BCUT2D eigenvalue weighted by Crippen LogP contribution is 2.17. The van der Waals surface area contributed by atoms with Crippen LogP contribution in [0.3, 0.4) is 0 Å². The zero-order chi connectivity index (χ0) is 14.2. The maximum Gasteiger partial charge on any atom is 0.233 e. The maximum atomic E-state index is 12.0. The Kier molecular flexibility index (Phi) is 5.69. The predicted octanol–water partition coefficient (Wildman–Crippen LogP) is 3.62. The molecule has 1 atom stereocenters. The Hall–Kier alpha value is -1.74. The van der Waals surface area contributed by atoms with Crippen molar-refractivity contribution in [2.24, 2.45) is 0 Å². The molecule has 0 unspecified atom stereocenters. The molecule has 0 bridgehead atoms. The summed E-state index contributed by atoms with van der Waals surface area (Å²) in [5.41, 5.74) is 2.38. The average Bonchev–Trinajstić information content (AvgIpc) is 2.52. The number of carbonyl (C=O) groups excluding carboxylic acids is 1.